The summed E-state index contributed by atoms with van der Waals surface area (Å²) in [6.45, 7) is 5.07. The Kier molecular flexibility index (Phi) is 7.35. The molecule has 2 aromatic rings. The van der Waals surface area contributed by atoms with Gasteiger partial charge in [-0.05, 0) is 105 Å². The molecule has 0 aliphatic heterocycles. The lowest BCUT2D eigenvalue weighted by Crippen LogP contribution is -2.47. The third kappa shape index (κ3) is 5.54. The molecule has 4 bridgehead atoms. The Morgan fingerprint density at radius 2 is 1.79 bits per heavy atom. The number of anilines is 2. The molecule has 6 heteroatoms. The molecule has 3 N–H and O–H groups in total. The minimum Gasteiger partial charge on any atom is -0.369 e. The van der Waals surface area contributed by atoms with Gasteiger partial charge >= 0.3 is 0 Å². The number of benzene rings is 1. The minimum absolute atomic E-state index is 0.179. The van der Waals surface area contributed by atoms with Crippen molar-refractivity contribution in [1.82, 2.24) is 10.3 Å². The number of nitrogens with zero attached hydrogens (tertiary/aromatic N) is 1. The molecule has 1 atom stereocenters. The fourth-order valence-electron chi connectivity index (χ4n) is 7.23. The topological polar surface area (TPSA) is 66.0 Å². The van der Waals surface area contributed by atoms with Gasteiger partial charge in [-0.3, -0.25) is 4.79 Å². The number of hydrogen-bond acceptors (Lipinski definition) is 5. The van der Waals surface area contributed by atoms with E-state index in [9.17, 15) is 4.79 Å². The second-order valence-electron chi connectivity index (χ2n) is 11.2. The van der Waals surface area contributed by atoms with E-state index in [0.717, 1.165) is 59.8 Å². The van der Waals surface area contributed by atoms with Gasteiger partial charge in [0.05, 0.1) is 11.2 Å². The van der Waals surface area contributed by atoms with Crippen molar-refractivity contribution >= 4 is 40.1 Å². The lowest BCUT2D eigenvalue weighted by Gasteiger charge is -2.56. The lowest BCUT2D eigenvalue weighted by atomic mass is 9.49. The molecule has 4 aliphatic rings. The average Bonchev–Trinajstić information content (AvgIpc) is 2.79. The highest BCUT2D eigenvalue weighted by atomic mass is 32.2. The van der Waals surface area contributed by atoms with E-state index in [0.29, 0.717) is 11.7 Å². The van der Waals surface area contributed by atoms with E-state index in [1.165, 1.54) is 44.9 Å². The Morgan fingerprint density at radius 1 is 1.06 bits per heavy atom. The van der Waals surface area contributed by atoms with Gasteiger partial charge in [-0.2, -0.15) is 11.8 Å². The SMILES string of the molecule is CSC(C)CCNCCNc1ccc2c(NC(=O)CC34CC5CC(CC(C5)C3)C4)cccc2n1. The van der Waals surface area contributed by atoms with Crippen LogP contribution in [0.3, 0.4) is 0 Å². The van der Waals surface area contributed by atoms with Gasteiger partial charge in [-0.25, -0.2) is 4.98 Å². The van der Waals surface area contributed by atoms with Crippen molar-refractivity contribution in [2.45, 2.75) is 63.5 Å². The number of carbonyl (C=O) groups is 1. The van der Waals surface area contributed by atoms with Crippen LogP contribution in [0.1, 0.15) is 58.3 Å². The van der Waals surface area contributed by atoms with Gasteiger partial charge in [0.25, 0.3) is 0 Å². The first-order valence-corrected chi connectivity index (χ1v) is 14.5. The van der Waals surface area contributed by atoms with Crippen LogP contribution >= 0.6 is 11.8 Å². The smallest absolute Gasteiger partial charge is 0.224 e. The predicted octanol–water partition coefficient (Wildman–Crippen LogP) is 5.92. The molecule has 1 aromatic heterocycles. The van der Waals surface area contributed by atoms with E-state index in [4.69, 9.17) is 4.98 Å². The fraction of sp³-hybridized carbons (Fsp3) is 0.643. The van der Waals surface area contributed by atoms with E-state index in [1.54, 1.807) is 0 Å². The van der Waals surface area contributed by atoms with Gasteiger partial charge in [-0.15, -0.1) is 0 Å². The number of amides is 1. The van der Waals surface area contributed by atoms with Crippen LogP contribution in [0.4, 0.5) is 11.5 Å². The molecule has 5 nitrogen and oxygen atoms in total. The van der Waals surface area contributed by atoms with Gasteiger partial charge in [-0.1, -0.05) is 13.0 Å². The summed E-state index contributed by atoms with van der Waals surface area (Å²) in [6, 6.07) is 10.1. The molecule has 4 aliphatic carbocycles. The maximum absolute atomic E-state index is 13.1. The first kappa shape index (κ1) is 23.9. The third-order valence-electron chi connectivity index (χ3n) is 8.44. The molecule has 0 radical (unpaired) electrons. The maximum Gasteiger partial charge on any atom is 0.224 e. The molecular weight excluding hydrogens is 440 g/mol. The number of carbonyl (C=O) groups excluding carboxylic acids is 1. The second-order valence-corrected chi connectivity index (χ2v) is 12.5. The maximum atomic E-state index is 13.1. The second kappa shape index (κ2) is 10.4. The van der Waals surface area contributed by atoms with Crippen molar-refractivity contribution in [2.75, 3.05) is 36.5 Å². The molecule has 1 heterocycles. The van der Waals surface area contributed by atoms with Gasteiger partial charge < -0.3 is 16.0 Å². The Labute approximate surface area is 208 Å². The van der Waals surface area contributed by atoms with E-state index < -0.39 is 0 Å². The molecule has 4 fully saturated rings. The Morgan fingerprint density at radius 3 is 2.50 bits per heavy atom. The zero-order valence-electron chi connectivity index (χ0n) is 20.7. The first-order chi connectivity index (χ1) is 16.5. The normalized spacial score (nSPS) is 28.2. The van der Waals surface area contributed by atoms with Crippen molar-refractivity contribution in [3.05, 3.63) is 30.3 Å². The molecule has 1 aromatic carbocycles. The molecule has 184 valence electrons. The molecular formula is C28H40N4OS. The molecule has 0 spiro atoms. The summed E-state index contributed by atoms with van der Waals surface area (Å²) in [5, 5.41) is 11.9. The van der Waals surface area contributed by atoms with E-state index in [1.807, 2.05) is 36.0 Å². The van der Waals surface area contributed by atoms with Gasteiger partial charge in [0.15, 0.2) is 0 Å². The van der Waals surface area contributed by atoms with Crippen LogP contribution in [0.2, 0.25) is 0 Å². The standard InChI is InChI=1S/C28H40N4OS/c1-19(34-2)8-9-29-10-11-30-26-7-6-23-24(31-26)4-3-5-25(23)32-27(33)18-28-15-20-12-21(16-28)14-22(13-20)17-28/h3-7,19-22,29H,8-18H2,1-2H3,(H,30,31)(H,32,33). The largest absolute Gasteiger partial charge is 0.369 e. The third-order valence-corrected chi connectivity index (χ3v) is 9.48. The Bertz CT molecular complexity index is 974. The first-order valence-electron chi connectivity index (χ1n) is 13.2. The average molecular weight is 481 g/mol. The van der Waals surface area contributed by atoms with Crippen molar-refractivity contribution in [3.8, 4) is 0 Å². The number of fused-ring (bicyclic) bond motifs is 1. The summed E-state index contributed by atoms with van der Waals surface area (Å²) < 4.78 is 0. The minimum atomic E-state index is 0.179. The van der Waals surface area contributed by atoms with Crippen LogP contribution in [0, 0.1) is 23.2 Å². The van der Waals surface area contributed by atoms with Crippen molar-refractivity contribution in [2.24, 2.45) is 23.2 Å². The highest BCUT2D eigenvalue weighted by molar-refractivity contribution is 7.99. The molecule has 6 rings (SSSR count). The summed E-state index contributed by atoms with van der Waals surface area (Å²) in [6.07, 6.45) is 12.1. The summed E-state index contributed by atoms with van der Waals surface area (Å²) in [5.74, 6) is 3.69. The molecule has 34 heavy (non-hydrogen) atoms. The summed E-state index contributed by atoms with van der Waals surface area (Å²) in [4.78, 5) is 17.9. The van der Waals surface area contributed by atoms with Crippen LogP contribution in [0.25, 0.3) is 10.9 Å². The van der Waals surface area contributed by atoms with Crippen LogP contribution in [-0.2, 0) is 4.79 Å². The zero-order valence-corrected chi connectivity index (χ0v) is 21.6. The zero-order chi connectivity index (χ0) is 23.5. The number of pyridine rings is 1. The summed E-state index contributed by atoms with van der Waals surface area (Å²) in [5.41, 5.74) is 2.07. The monoisotopic (exact) mass is 480 g/mol. The predicted molar refractivity (Wildman–Crippen MR) is 145 cm³/mol. The number of thioether (sulfide) groups is 1. The van der Waals surface area contributed by atoms with E-state index >= 15 is 0 Å². The van der Waals surface area contributed by atoms with E-state index in [-0.39, 0.29) is 11.3 Å². The van der Waals surface area contributed by atoms with Gasteiger partial charge in [0, 0.05) is 30.1 Å². The quantitative estimate of drug-likeness (QED) is 0.348. The number of aromatic nitrogens is 1. The van der Waals surface area contributed by atoms with Crippen LogP contribution in [0.5, 0.6) is 0 Å². The van der Waals surface area contributed by atoms with Crippen molar-refractivity contribution in [3.63, 3.8) is 0 Å². The van der Waals surface area contributed by atoms with Crippen LogP contribution in [-0.4, -0.2) is 42.0 Å². The van der Waals surface area contributed by atoms with Gasteiger partial charge in [0.1, 0.15) is 5.82 Å². The van der Waals surface area contributed by atoms with Crippen molar-refractivity contribution in [1.29, 1.82) is 0 Å². The van der Waals surface area contributed by atoms with Gasteiger partial charge in [0.2, 0.25) is 5.91 Å². The van der Waals surface area contributed by atoms with Crippen LogP contribution < -0.4 is 16.0 Å². The lowest BCUT2D eigenvalue weighted by molar-refractivity contribution is -0.124. The number of hydrogen-bond donors (Lipinski definition) is 3. The molecule has 1 amide bonds. The Balaban J connectivity index is 1.16. The van der Waals surface area contributed by atoms with Crippen molar-refractivity contribution < 1.29 is 4.79 Å². The number of rotatable bonds is 11. The Hall–Kier alpha value is -1.79. The fourth-order valence-corrected chi connectivity index (χ4v) is 7.58. The highest BCUT2D eigenvalue weighted by Crippen LogP contribution is 2.61. The van der Waals surface area contributed by atoms with E-state index in [2.05, 4.69) is 35.2 Å². The molecule has 4 saturated carbocycles. The number of nitrogens with one attached hydrogen (secondary N) is 3. The highest BCUT2D eigenvalue weighted by Gasteiger charge is 2.51. The molecule has 1 unspecified atom stereocenters. The van der Waals surface area contributed by atoms with Crippen LogP contribution in [0.15, 0.2) is 30.3 Å². The summed E-state index contributed by atoms with van der Waals surface area (Å²) >= 11 is 1.91. The molecule has 0 saturated heterocycles. The summed E-state index contributed by atoms with van der Waals surface area (Å²) in [7, 11) is 0.